The molecule has 0 atom stereocenters. The fourth-order valence-corrected chi connectivity index (χ4v) is 0.446. The fourth-order valence-electron chi connectivity index (χ4n) is 0.446. The van der Waals surface area contributed by atoms with Crippen molar-refractivity contribution < 1.29 is 10.2 Å². The van der Waals surface area contributed by atoms with Crippen LogP contribution in [0.5, 0.6) is 0 Å². The summed E-state index contributed by atoms with van der Waals surface area (Å²) >= 11 is 0. The van der Waals surface area contributed by atoms with E-state index in [0.717, 1.165) is 0 Å². The van der Waals surface area contributed by atoms with Crippen LogP contribution in [-0.4, -0.2) is 35.8 Å². The number of rotatable bonds is 5. The zero-order valence-electron chi connectivity index (χ0n) is 6.52. The normalized spacial score (nSPS) is 12.0. The van der Waals surface area contributed by atoms with Crippen molar-refractivity contribution in [1.29, 1.82) is 0 Å². The van der Waals surface area contributed by atoms with Crippen molar-refractivity contribution >= 4 is 0 Å². The van der Waals surface area contributed by atoms with Crippen LogP contribution >= 0.6 is 0 Å². The predicted molar refractivity (Wildman–Crippen MR) is 39.4 cm³/mol. The molecule has 0 bridgehead atoms. The first-order valence-corrected chi connectivity index (χ1v) is 3.35. The highest BCUT2D eigenvalue weighted by Crippen LogP contribution is 1.90. The summed E-state index contributed by atoms with van der Waals surface area (Å²) < 4.78 is 0. The first kappa shape index (κ1) is 9.84. The molecule has 0 spiro atoms. The lowest BCUT2D eigenvalue weighted by atomic mass is 10.3. The second-order valence-corrected chi connectivity index (χ2v) is 2.64. The molecule has 0 amide bonds. The van der Waals surface area contributed by atoms with Crippen LogP contribution in [0.25, 0.3) is 0 Å². The Labute approximate surface area is 61.3 Å². The molecule has 4 N–H and O–H groups in total. The van der Waals surface area contributed by atoms with E-state index in [-0.39, 0.29) is 6.61 Å². The third-order valence-corrected chi connectivity index (χ3v) is 0.935. The van der Waals surface area contributed by atoms with Crippen molar-refractivity contribution in [3.05, 3.63) is 0 Å². The van der Waals surface area contributed by atoms with Crippen molar-refractivity contribution in [2.24, 2.45) is 0 Å². The topological polar surface area (TPSA) is 64.5 Å². The molecule has 0 rings (SSSR count). The van der Waals surface area contributed by atoms with Crippen LogP contribution in [0.4, 0.5) is 0 Å². The second-order valence-electron chi connectivity index (χ2n) is 2.64. The average molecular weight is 148 g/mol. The lowest BCUT2D eigenvalue weighted by molar-refractivity contribution is 0.0413. The van der Waals surface area contributed by atoms with E-state index >= 15 is 0 Å². The number of nitrogens with one attached hydrogen (secondary N) is 2. The first-order chi connectivity index (χ1) is 4.56. The molecule has 0 aliphatic rings. The van der Waals surface area contributed by atoms with Crippen molar-refractivity contribution in [3.8, 4) is 0 Å². The van der Waals surface area contributed by atoms with Gasteiger partial charge in [-0.1, -0.05) is 0 Å². The molecule has 0 aromatic rings. The highest BCUT2D eigenvalue weighted by molar-refractivity contribution is 4.59. The molecule has 62 valence electrons. The van der Waals surface area contributed by atoms with Gasteiger partial charge < -0.3 is 15.5 Å². The van der Waals surface area contributed by atoms with Gasteiger partial charge >= 0.3 is 0 Å². The second kappa shape index (κ2) is 4.62. The molecule has 0 unspecified atom stereocenters. The van der Waals surface area contributed by atoms with Gasteiger partial charge in [0.2, 0.25) is 0 Å². The van der Waals surface area contributed by atoms with E-state index in [0.29, 0.717) is 13.2 Å². The lowest BCUT2D eigenvalue weighted by Gasteiger charge is -2.19. The Morgan fingerprint density at radius 3 is 2.40 bits per heavy atom. The summed E-state index contributed by atoms with van der Waals surface area (Å²) in [6.45, 7) is 4.49. The van der Waals surface area contributed by atoms with Gasteiger partial charge in [0.25, 0.3) is 0 Å². The molecule has 0 aromatic carbocycles. The third kappa shape index (κ3) is 7.84. The Morgan fingerprint density at radius 2 is 2.00 bits per heavy atom. The van der Waals surface area contributed by atoms with Crippen LogP contribution in [0.2, 0.25) is 0 Å². The predicted octanol–water partition coefficient (Wildman–Crippen LogP) is -1.16. The molecule has 0 fully saturated rings. The summed E-state index contributed by atoms with van der Waals surface area (Å²) in [5, 5.41) is 23.1. The van der Waals surface area contributed by atoms with Gasteiger partial charge in [-0.3, -0.25) is 5.32 Å². The zero-order chi connectivity index (χ0) is 8.04. The minimum atomic E-state index is -0.845. The van der Waals surface area contributed by atoms with Crippen LogP contribution in [-0.2, 0) is 0 Å². The maximum atomic E-state index is 9.10. The molecule has 0 saturated heterocycles. The number of aliphatic hydroxyl groups is 2. The number of hydrogen-bond donors (Lipinski definition) is 4. The van der Waals surface area contributed by atoms with Crippen LogP contribution in [0, 0.1) is 0 Å². The van der Waals surface area contributed by atoms with E-state index < -0.39 is 5.72 Å². The Kier molecular flexibility index (Phi) is 4.55. The smallest absolute Gasteiger partial charge is 0.111 e. The summed E-state index contributed by atoms with van der Waals surface area (Å²) in [6.07, 6.45) is 0. The van der Waals surface area contributed by atoms with E-state index in [1.54, 1.807) is 13.8 Å². The van der Waals surface area contributed by atoms with Gasteiger partial charge in [-0.25, -0.2) is 0 Å². The fraction of sp³-hybridized carbons (Fsp3) is 1.00. The third-order valence-electron chi connectivity index (χ3n) is 0.935. The first-order valence-electron chi connectivity index (χ1n) is 3.35. The quantitative estimate of drug-likeness (QED) is 0.293. The monoisotopic (exact) mass is 148 g/mol. The molecule has 0 aliphatic heterocycles. The van der Waals surface area contributed by atoms with Gasteiger partial charge in [-0.05, 0) is 13.8 Å². The summed E-state index contributed by atoms with van der Waals surface area (Å²) in [6, 6.07) is 0. The SMILES string of the molecule is CC(C)(O)NCNCCO. The highest BCUT2D eigenvalue weighted by Gasteiger charge is 2.08. The Hall–Kier alpha value is -0.160. The molecular weight excluding hydrogens is 132 g/mol. The Morgan fingerprint density at radius 1 is 1.40 bits per heavy atom. The van der Waals surface area contributed by atoms with E-state index in [1.807, 2.05) is 0 Å². The molecule has 0 radical (unpaired) electrons. The van der Waals surface area contributed by atoms with E-state index in [9.17, 15) is 0 Å². The van der Waals surface area contributed by atoms with Gasteiger partial charge in [0, 0.05) is 13.2 Å². The highest BCUT2D eigenvalue weighted by atomic mass is 16.3. The maximum Gasteiger partial charge on any atom is 0.111 e. The Balaban J connectivity index is 3.04. The number of aliphatic hydroxyl groups excluding tert-OH is 1. The summed E-state index contributed by atoms with van der Waals surface area (Å²) in [7, 11) is 0. The van der Waals surface area contributed by atoms with Gasteiger partial charge in [0.15, 0.2) is 0 Å². The lowest BCUT2D eigenvalue weighted by Crippen LogP contribution is -2.44. The van der Waals surface area contributed by atoms with Crippen molar-refractivity contribution in [2.75, 3.05) is 19.8 Å². The van der Waals surface area contributed by atoms with Crippen molar-refractivity contribution in [3.63, 3.8) is 0 Å². The van der Waals surface area contributed by atoms with E-state index in [1.165, 1.54) is 0 Å². The van der Waals surface area contributed by atoms with Crippen LogP contribution in [0.1, 0.15) is 13.8 Å². The van der Waals surface area contributed by atoms with E-state index in [4.69, 9.17) is 10.2 Å². The number of hydrogen-bond acceptors (Lipinski definition) is 4. The minimum Gasteiger partial charge on any atom is -0.395 e. The molecule has 0 aromatic heterocycles. The standard InChI is InChI=1S/C6H16N2O2/c1-6(2,10)8-5-7-3-4-9/h7-10H,3-5H2,1-2H3. The van der Waals surface area contributed by atoms with Crippen molar-refractivity contribution in [1.82, 2.24) is 10.6 Å². The molecule has 0 heterocycles. The summed E-state index contributed by atoms with van der Waals surface area (Å²) in [5.41, 5.74) is -0.845. The van der Waals surface area contributed by atoms with Crippen LogP contribution in [0.3, 0.4) is 0 Å². The molecule has 4 heteroatoms. The summed E-state index contributed by atoms with van der Waals surface area (Å²) in [4.78, 5) is 0. The molecule has 4 nitrogen and oxygen atoms in total. The molecule has 10 heavy (non-hydrogen) atoms. The van der Waals surface area contributed by atoms with Gasteiger partial charge in [0.05, 0.1) is 6.61 Å². The largest absolute Gasteiger partial charge is 0.395 e. The van der Waals surface area contributed by atoms with Gasteiger partial charge in [-0.2, -0.15) is 0 Å². The van der Waals surface area contributed by atoms with Crippen LogP contribution in [0.15, 0.2) is 0 Å². The van der Waals surface area contributed by atoms with Crippen LogP contribution < -0.4 is 10.6 Å². The molecular formula is C6H16N2O2. The molecule has 0 aliphatic carbocycles. The summed E-state index contributed by atoms with van der Waals surface area (Å²) in [5.74, 6) is 0. The average Bonchev–Trinajstić information content (AvgIpc) is 1.78. The van der Waals surface area contributed by atoms with Gasteiger partial charge in [0.1, 0.15) is 5.72 Å². The zero-order valence-corrected chi connectivity index (χ0v) is 6.52. The van der Waals surface area contributed by atoms with Crippen molar-refractivity contribution in [2.45, 2.75) is 19.6 Å². The minimum absolute atomic E-state index is 0.119. The van der Waals surface area contributed by atoms with E-state index in [2.05, 4.69) is 10.6 Å². The van der Waals surface area contributed by atoms with Gasteiger partial charge in [-0.15, -0.1) is 0 Å². The Bertz CT molecular complexity index is 80.3. The maximum absolute atomic E-state index is 9.10. The molecule has 0 saturated carbocycles.